The smallest absolute Gasteiger partial charge is 0.332 e. The predicted octanol–water partition coefficient (Wildman–Crippen LogP) is 4.84. The molecule has 0 aliphatic carbocycles. The molecule has 0 bridgehead atoms. The van der Waals surface area contributed by atoms with Crippen molar-refractivity contribution < 1.29 is 14.3 Å². The minimum atomic E-state index is -0.370. The van der Waals surface area contributed by atoms with E-state index in [9.17, 15) is 4.79 Å². The number of hydrogen-bond donors (Lipinski definition) is 0. The number of benzene rings is 3. The summed E-state index contributed by atoms with van der Waals surface area (Å²) < 4.78 is 11.3. The lowest BCUT2D eigenvalue weighted by molar-refractivity contribution is -0.151. The van der Waals surface area contributed by atoms with Gasteiger partial charge in [-0.2, -0.15) is 0 Å². The maximum Gasteiger partial charge on any atom is 0.332 e. The van der Waals surface area contributed by atoms with Crippen molar-refractivity contribution in [2.24, 2.45) is 0 Å². The fourth-order valence-electron chi connectivity index (χ4n) is 2.76. The zero-order valence-corrected chi connectivity index (χ0v) is 14.8. The van der Waals surface area contributed by atoms with Crippen LogP contribution in [0.25, 0.3) is 0 Å². The summed E-state index contributed by atoms with van der Waals surface area (Å²) in [6.07, 6.45) is -0.302. The third-order valence-electron chi connectivity index (χ3n) is 4.22. The van der Waals surface area contributed by atoms with Crippen molar-refractivity contribution >= 4 is 5.97 Å². The van der Waals surface area contributed by atoms with Gasteiger partial charge in [-0.05, 0) is 29.2 Å². The largest absolute Gasteiger partial charge is 0.459 e. The van der Waals surface area contributed by atoms with Crippen LogP contribution < -0.4 is 0 Å². The number of esters is 1. The second-order valence-electron chi connectivity index (χ2n) is 6.10. The summed E-state index contributed by atoms with van der Waals surface area (Å²) in [7, 11) is 0. The van der Waals surface area contributed by atoms with Gasteiger partial charge >= 0.3 is 5.97 Å². The van der Waals surface area contributed by atoms with Crippen LogP contribution in [0.5, 0.6) is 0 Å². The van der Waals surface area contributed by atoms with Gasteiger partial charge in [0, 0.05) is 0 Å². The molecule has 0 aliphatic rings. The first kappa shape index (κ1) is 17.9. The van der Waals surface area contributed by atoms with E-state index in [1.807, 2.05) is 91.9 Å². The topological polar surface area (TPSA) is 35.5 Å². The summed E-state index contributed by atoms with van der Waals surface area (Å²) in [5, 5.41) is 0. The Balaban J connectivity index is 1.63. The van der Waals surface area contributed by atoms with Crippen LogP contribution in [-0.2, 0) is 20.9 Å². The van der Waals surface area contributed by atoms with Crippen molar-refractivity contribution in [2.45, 2.75) is 19.6 Å². The quantitative estimate of drug-likeness (QED) is 0.574. The van der Waals surface area contributed by atoms with E-state index in [1.165, 1.54) is 0 Å². The van der Waals surface area contributed by atoms with E-state index >= 15 is 0 Å². The van der Waals surface area contributed by atoms with Crippen LogP contribution in [0.1, 0.15) is 28.4 Å². The minimum absolute atomic E-state index is 0.0969. The SMILES string of the molecule is Cc1ccccc1COC(=O)COC(c1ccccc1)c1ccccc1. The van der Waals surface area contributed by atoms with Crippen LogP contribution in [0.15, 0.2) is 84.9 Å². The van der Waals surface area contributed by atoms with Crippen LogP contribution in [0.3, 0.4) is 0 Å². The Kier molecular flexibility index (Phi) is 6.18. The lowest BCUT2D eigenvalue weighted by Gasteiger charge is -2.18. The molecule has 3 aromatic rings. The van der Waals surface area contributed by atoms with Gasteiger partial charge in [0.05, 0.1) is 0 Å². The number of hydrogen-bond acceptors (Lipinski definition) is 3. The van der Waals surface area contributed by atoms with E-state index in [1.54, 1.807) is 0 Å². The van der Waals surface area contributed by atoms with Crippen LogP contribution in [0.2, 0.25) is 0 Å². The second-order valence-corrected chi connectivity index (χ2v) is 6.10. The van der Waals surface area contributed by atoms with Crippen LogP contribution in [0.4, 0.5) is 0 Å². The molecule has 0 heterocycles. The van der Waals surface area contributed by atoms with Gasteiger partial charge in [-0.15, -0.1) is 0 Å². The Morgan fingerprint density at radius 1 is 0.808 bits per heavy atom. The van der Waals surface area contributed by atoms with Gasteiger partial charge in [-0.3, -0.25) is 0 Å². The summed E-state index contributed by atoms with van der Waals surface area (Å²) >= 11 is 0. The molecule has 26 heavy (non-hydrogen) atoms. The molecule has 0 atom stereocenters. The molecule has 0 N–H and O–H groups in total. The van der Waals surface area contributed by atoms with Crippen LogP contribution in [0, 0.1) is 6.92 Å². The maximum atomic E-state index is 12.1. The van der Waals surface area contributed by atoms with Crippen molar-refractivity contribution in [1.29, 1.82) is 0 Å². The van der Waals surface area contributed by atoms with E-state index in [-0.39, 0.29) is 25.3 Å². The van der Waals surface area contributed by atoms with Gasteiger partial charge in [0.25, 0.3) is 0 Å². The van der Waals surface area contributed by atoms with E-state index in [4.69, 9.17) is 9.47 Å². The Labute approximate surface area is 154 Å². The summed E-state index contributed by atoms with van der Waals surface area (Å²) in [5.74, 6) is -0.370. The predicted molar refractivity (Wildman–Crippen MR) is 102 cm³/mol. The molecule has 132 valence electrons. The monoisotopic (exact) mass is 346 g/mol. The lowest BCUT2D eigenvalue weighted by atomic mass is 10.0. The van der Waals surface area contributed by atoms with Crippen molar-refractivity contribution in [2.75, 3.05) is 6.61 Å². The molecule has 3 heteroatoms. The highest BCUT2D eigenvalue weighted by Crippen LogP contribution is 2.25. The third kappa shape index (κ3) is 4.80. The fraction of sp³-hybridized carbons (Fsp3) is 0.174. The molecule has 3 aromatic carbocycles. The fourth-order valence-corrected chi connectivity index (χ4v) is 2.76. The average Bonchev–Trinajstić information content (AvgIpc) is 2.69. The van der Waals surface area contributed by atoms with Gasteiger partial charge < -0.3 is 9.47 Å². The molecule has 0 radical (unpaired) electrons. The molecule has 3 nitrogen and oxygen atoms in total. The first-order chi connectivity index (χ1) is 12.7. The first-order valence-corrected chi connectivity index (χ1v) is 8.65. The van der Waals surface area contributed by atoms with Gasteiger partial charge in [0.15, 0.2) is 0 Å². The molecule has 0 saturated carbocycles. The molecule has 0 spiro atoms. The summed E-state index contributed by atoms with van der Waals surface area (Å²) in [6, 6.07) is 27.6. The van der Waals surface area contributed by atoms with Crippen molar-refractivity contribution in [3.8, 4) is 0 Å². The van der Waals surface area contributed by atoms with E-state index in [0.29, 0.717) is 0 Å². The number of ether oxygens (including phenoxy) is 2. The van der Waals surface area contributed by atoms with E-state index in [2.05, 4.69) is 0 Å². The third-order valence-corrected chi connectivity index (χ3v) is 4.22. The van der Waals surface area contributed by atoms with E-state index < -0.39 is 0 Å². The van der Waals surface area contributed by atoms with Gasteiger partial charge in [0.1, 0.15) is 19.3 Å². The van der Waals surface area contributed by atoms with E-state index in [0.717, 1.165) is 22.3 Å². The molecule has 0 amide bonds. The molecule has 0 saturated heterocycles. The molecule has 0 aliphatic heterocycles. The second kappa shape index (κ2) is 8.97. The summed E-state index contributed by atoms with van der Waals surface area (Å²) in [4.78, 5) is 12.1. The highest BCUT2D eigenvalue weighted by atomic mass is 16.6. The van der Waals surface area contributed by atoms with Gasteiger partial charge in [0.2, 0.25) is 0 Å². The summed E-state index contributed by atoms with van der Waals surface area (Å²) in [5.41, 5.74) is 4.12. The maximum absolute atomic E-state index is 12.1. The molecule has 0 unspecified atom stereocenters. The average molecular weight is 346 g/mol. The molecular formula is C23H22O3. The van der Waals surface area contributed by atoms with Crippen LogP contribution in [-0.4, -0.2) is 12.6 Å². The molecule has 0 fully saturated rings. The number of rotatable bonds is 7. The first-order valence-electron chi connectivity index (χ1n) is 8.65. The molecule has 3 rings (SSSR count). The van der Waals surface area contributed by atoms with Crippen LogP contribution >= 0.6 is 0 Å². The van der Waals surface area contributed by atoms with Crippen molar-refractivity contribution in [3.63, 3.8) is 0 Å². The molecular weight excluding hydrogens is 324 g/mol. The number of aryl methyl sites for hydroxylation is 1. The highest BCUT2D eigenvalue weighted by Gasteiger charge is 2.16. The van der Waals surface area contributed by atoms with Gasteiger partial charge in [-0.25, -0.2) is 4.79 Å². The Morgan fingerprint density at radius 3 is 1.92 bits per heavy atom. The Morgan fingerprint density at radius 2 is 1.35 bits per heavy atom. The highest BCUT2D eigenvalue weighted by molar-refractivity contribution is 5.70. The number of carbonyl (C=O) groups excluding carboxylic acids is 1. The zero-order valence-electron chi connectivity index (χ0n) is 14.8. The number of carbonyl (C=O) groups is 1. The zero-order chi connectivity index (χ0) is 18.2. The Bertz CT molecular complexity index is 789. The Hall–Kier alpha value is -2.91. The van der Waals surface area contributed by atoms with Crippen molar-refractivity contribution in [3.05, 3.63) is 107 Å². The lowest BCUT2D eigenvalue weighted by Crippen LogP contribution is -2.16. The normalized spacial score (nSPS) is 10.7. The summed E-state index contributed by atoms with van der Waals surface area (Å²) in [6.45, 7) is 2.16. The van der Waals surface area contributed by atoms with Crippen molar-refractivity contribution in [1.82, 2.24) is 0 Å². The van der Waals surface area contributed by atoms with Gasteiger partial charge in [-0.1, -0.05) is 84.9 Å². The minimum Gasteiger partial charge on any atom is -0.459 e. The molecule has 0 aromatic heterocycles. The standard InChI is InChI=1S/C23H22O3/c1-18-10-8-9-15-21(18)16-25-22(24)17-26-23(19-11-4-2-5-12-19)20-13-6-3-7-14-20/h2-15,23H,16-17H2,1H3.